The maximum absolute atomic E-state index is 6.02. The second kappa shape index (κ2) is 5.62. The third-order valence-electron chi connectivity index (χ3n) is 1.45. The summed E-state index contributed by atoms with van der Waals surface area (Å²) in [5.74, 6) is 3.89. The van der Waals surface area contributed by atoms with Gasteiger partial charge in [-0.25, -0.2) is 0 Å². The van der Waals surface area contributed by atoms with E-state index in [9.17, 15) is 0 Å². The zero-order valence-corrected chi connectivity index (χ0v) is 8.40. The molecule has 1 aliphatic heterocycles. The lowest BCUT2D eigenvalue weighted by atomic mass is 10.4. The Balaban J connectivity index is 2.15. The maximum atomic E-state index is 6.02. The Bertz CT molecular complexity index is 77.7. The quantitative estimate of drug-likeness (QED) is 0.546. The van der Waals surface area contributed by atoms with Crippen molar-refractivity contribution in [3.8, 4) is 0 Å². The van der Waals surface area contributed by atoms with Crippen LogP contribution in [0.15, 0.2) is 0 Å². The van der Waals surface area contributed by atoms with Gasteiger partial charge in [-0.2, -0.15) is 11.8 Å². The molecule has 1 saturated heterocycles. The van der Waals surface area contributed by atoms with Gasteiger partial charge in [0, 0.05) is 0 Å². The number of rotatable bonds is 0. The van der Waals surface area contributed by atoms with Crippen LogP contribution in [0.2, 0.25) is 0 Å². The predicted octanol–water partition coefficient (Wildman–Crippen LogP) is 3.20. The van der Waals surface area contributed by atoms with Crippen molar-refractivity contribution in [3.05, 3.63) is 0 Å². The van der Waals surface area contributed by atoms with Crippen LogP contribution in [-0.2, 0) is 0 Å². The zero-order chi connectivity index (χ0) is 7.23. The summed E-state index contributed by atoms with van der Waals surface area (Å²) < 4.78 is 0.388. The molecule has 1 rings (SSSR count). The molecular weight excluding hydrogens is 184 g/mol. The van der Waals surface area contributed by atoms with Gasteiger partial charge in [-0.05, 0) is 36.5 Å². The predicted molar refractivity (Wildman–Crippen MR) is 53.3 cm³/mol. The van der Waals surface area contributed by atoms with E-state index in [1.165, 1.54) is 36.5 Å². The molecule has 0 bridgehead atoms. The summed E-state index contributed by atoms with van der Waals surface area (Å²) in [5.41, 5.74) is 0. The molecule has 0 radical (unpaired) electrons. The lowest BCUT2D eigenvalue weighted by Gasteiger charge is -2.04. The molecule has 60 valence electrons. The van der Waals surface area contributed by atoms with Crippen LogP contribution in [-0.4, -0.2) is 22.0 Å². The van der Waals surface area contributed by atoms with Gasteiger partial charge in [-0.3, -0.25) is 0 Å². The van der Waals surface area contributed by atoms with Crippen molar-refractivity contribution in [2.45, 2.75) is 24.0 Å². The fraction of sp³-hybridized carbons (Fsp3) is 1.00. The van der Waals surface area contributed by atoms with Gasteiger partial charge in [-0.15, -0.1) is 23.4 Å². The molecule has 0 aliphatic carbocycles. The fourth-order valence-electron chi connectivity index (χ4n) is 0.903. The Morgan fingerprint density at radius 2 is 1.90 bits per heavy atom. The molecule has 0 aromatic heterocycles. The lowest BCUT2D eigenvalue weighted by Crippen LogP contribution is -1.92. The van der Waals surface area contributed by atoms with E-state index in [0.29, 0.717) is 4.71 Å². The first-order chi connectivity index (χ1) is 4.89. The minimum Gasteiger partial charge on any atom is -0.162 e. The van der Waals surface area contributed by atoms with Crippen LogP contribution in [0.4, 0.5) is 0 Å². The molecule has 0 N–H and O–H groups in total. The third-order valence-corrected chi connectivity index (χ3v) is 4.32. The van der Waals surface area contributed by atoms with Gasteiger partial charge in [0.2, 0.25) is 0 Å². The van der Waals surface area contributed by atoms with E-state index < -0.39 is 0 Å². The Hall–Kier alpha value is 0.990. The molecular formula is C7H13ClS2. The van der Waals surface area contributed by atoms with Crippen molar-refractivity contribution in [1.29, 1.82) is 0 Å². The van der Waals surface area contributed by atoms with Crippen LogP contribution in [0.3, 0.4) is 0 Å². The van der Waals surface area contributed by atoms with Gasteiger partial charge >= 0.3 is 0 Å². The minimum atomic E-state index is 0.388. The summed E-state index contributed by atoms with van der Waals surface area (Å²) in [5, 5.41) is 0. The standard InChI is InChI=1S/C7H13ClS2/c8-7-3-1-4-9-5-2-6-10-7/h7H,1-6H2. The maximum Gasteiger partial charge on any atom is 0.0789 e. The van der Waals surface area contributed by atoms with E-state index in [0.717, 1.165) is 0 Å². The summed E-state index contributed by atoms with van der Waals surface area (Å²) in [4.78, 5) is 0. The van der Waals surface area contributed by atoms with Crippen LogP contribution in [0.25, 0.3) is 0 Å². The number of hydrogen-bond acceptors (Lipinski definition) is 2. The minimum absolute atomic E-state index is 0.388. The molecule has 10 heavy (non-hydrogen) atoms. The smallest absolute Gasteiger partial charge is 0.0789 e. The highest BCUT2D eigenvalue weighted by atomic mass is 35.5. The molecule has 1 unspecified atom stereocenters. The summed E-state index contributed by atoms with van der Waals surface area (Å²) in [7, 11) is 0. The average Bonchev–Trinajstić information content (AvgIpc) is 2.02. The van der Waals surface area contributed by atoms with Crippen molar-refractivity contribution in [3.63, 3.8) is 0 Å². The van der Waals surface area contributed by atoms with Crippen LogP contribution in [0.1, 0.15) is 19.3 Å². The van der Waals surface area contributed by atoms with Crippen molar-refractivity contribution >= 4 is 35.1 Å². The topological polar surface area (TPSA) is 0 Å². The third kappa shape index (κ3) is 3.99. The van der Waals surface area contributed by atoms with E-state index in [4.69, 9.17) is 11.6 Å². The lowest BCUT2D eigenvalue weighted by molar-refractivity contribution is 0.876. The molecule has 0 nitrogen and oxygen atoms in total. The summed E-state index contributed by atoms with van der Waals surface area (Å²) in [6, 6.07) is 0. The molecule has 0 saturated carbocycles. The van der Waals surface area contributed by atoms with Crippen molar-refractivity contribution in [2.75, 3.05) is 17.3 Å². The number of hydrogen-bond donors (Lipinski definition) is 0. The second-order valence-electron chi connectivity index (χ2n) is 2.39. The molecule has 0 amide bonds. The molecule has 1 fully saturated rings. The first kappa shape index (κ1) is 9.08. The van der Waals surface area contributed by atoms with Crippen LogP contribution in [0.5, 0.6) is 0 Å². The average molecular weight is 197 g/mol. The molecule has 3 heteroatoms. The SMILES string of the molecule is ClC1CCCSCCCS1. The van der Waals surface area contributed by atoms with Gasteiger partial charge in [-0.1, -0.05) is 0 Å². The largest absolute Gasteiger partial charge is 0.162 e. The van der Waals surface area contributed by atoms with E-state index in [-0.39, 0.29) is 0 Å². The van der Waals surface area contributed by atoms with E-state index in [1.807, 2.05) is 11.8 Å². The van der Waals surface area contributed by atoms with Gasteiger partial charge in [0.05, 0.1) is 4.71 Å². The molecule has 0 aromatic carbocycles. The summed E-state index contributed by atoms with van der Waals surface area (Å²) in [6.45, 7) is 0. The van der Waals surface area contributed by atoms with Gasteiger partial charge < -0.3 is 0 Å². The Morgan fingerprint density at radius 1 is 1.10 bits per heavy atom. The monoisotopic (exact) mass is 196 g/mol. The van der Waals surface area contributed by atoms with Crippen LogP contribution < -0.4 is 0 Å². The van der Waals surface area contributed by atoms with Crippen molar-refractivity contribution < 1.29 is 0 Å². The Kier molecular flexibility index (Phi) is 5.10. The highest BCUT2D eigenvalue weighted by Crippen LogP contribution is 2.24. The fourth-order valence-corrected chi connectivity index (χ4v) is 3.33. The normalized spacial score (nSPS) is 30.3. The highest BCUT2D eigenvalue weighted by Gasteiger charge is 2.06. The van der Waals surface area contributed by atoms with Crippen LogP contribution in [0, 0.1) is 0 Å². The summed E-state index contributed by atoms with van der Waals surface area (Å²) >= 11 is 10.0. The molecule has 1 heterocycles. The second-order valence-corrected chi connectivity index (χ2v) is 5.71. The number of thioether (sulfide) groups is 2. The van der Waals surface area contributed by atoms with Crippen LogP contribution >= 0.6 is 35.1 Å². The number of halogens is 1. The molecule has 1 aliphatic rings. The van der Waals surface area contributed by atoms with E-state index in [2.05, 4.69) is 11.8 Å². The summed E-state index contributed by atoms with van der Waals surface area (Å²) in [6.07, 6.45) is 3.82. The Labute approximate surface area is 76.5 Å². The van der Waals surface area contributed by atoms with Gasteiger partial charge in [0.15, 0.2) is 0 Å². The number of alkyl halides is 1. The van der Waals surface area contributed by atoms with Gasteiger partial charge in [0.25, 0.3) is 0 Å². The Morgan fingerprint density at radius 3 is 2.80 bits per heavy atom. The van der Waals surface area contributed by atoms with Crippen molar-refractivity contribution in [1.82, 2.24) is 0 Å². The van der Waals surface area contributed by atoms with Gasteiger partial charge in [0.1, 0.15) is 0 Å². The zero-order valence-electron chi connectivity index (χ0n) is 6.01. The highest BCUT2D eigenvalue weighted by molar-refractivity contribution is 8.01. The molecule has 1 atom stereocenters. The first-order valence-corrected chi connectivity index (χ1v) is 6.37. The van der Waals surface area contributed by atoms with E-state index in [1.54, 1.807) is 0 Å². The molecule has 0 aromatic rings. The first-order valence-electron chi connectivity index (χ1n) is 3.73. The van der Waals surface area contributed by atoms with E-state index >= 15 is 0 Å². The molecule has 0 spiro atoms. The van der Waals surface area contributed by atoms with Crippen molar-refractivity contribution in [2.24, 2.45) is 0 Å².